The molecule has 4 nitrogen and oxygen atoms in total. The van der Waals surface area contributed by atoms with Crippen molar-refractivity contribution in [1.82, 2.24) is 20.1 Å². The van der Waals surface area contributed by atoms with Crippen molar-refractivity contribution in [2.75, 3.05) is 6.54 Å². The molecule has 0 saturated heterocycles. The first-order valence-corrected chi connectivity index (χ1v) is 7.02. The van der Waals surface area contributed by atoms with Crippen molar-refractivity contribution in [2.45, 2.75) is 32.7 Å². The second kappa shape index (κ2) is 6.61. The zero-order chi connectivity index (χ0) is 14.5. The van der Waals surface area contributed by atoms with Crippen molar-refractivity contribution in [3.8, 4) is 0 Å². The van der Waals surface area contributed by atoms with Crippen LogP contribution < -0.4 is 5.32 Å². The Morgan fingerprint density at radius 1 is 1.35 bits per heavy atom. The molecule has 0 radical (unpaired) electrons. The average molecular weight is 276 g/mol. The van der Waals surface area contributed by atoms with E-state index >= 15 is 0 Å². The van der Waals surface area contributed by atoms with Crippen LogP contribution in [0.2, 0.25) is 0 Å². The first-order chi connectivity index (χ1) is 9.65. The molecule has 0 fully saturated rings. The molecule has 0 spiro atoms. The highest BCUT2D eigenvalue weighted by atomic mass is 19.1. The van der Waals surface area contributed by atoms with Gasteiger partial charge in [-0.25, -0.2) is 4.39 Å². The van der Waals surface area contributed by atoms with Crippen LogP contribution in [0.3, 0.4) is 0 Å². The Balaban J connectivity index is 2.41. The van der Waals surface area contributed by atoms with Gasteiger partial charge in [0, 0.05) is 25.0 Å². The summed E-state index contributed by atoms with van der Waals surface area (Å²) < 4.78 is 15.2. The maximum atomic E-state index is 13.4. The van der Waals surface area contributed by atoms with E-state index in [-0.39, 0.29) is 11.9 Å². The van der Waals surface area contributed by atoms with E-state index in [1.165, 1.54) is 12.3 Å². The molecule has 20 heavy (non-hydrogen) atoms. The third kappa shape index (κ3) is 3.22. The van der Waals surface area contributed by atoms with Gasteiger partial charge < -0.3 is 5.32 Å². The van der Waals surface area contributed by atoms with Gasteiger partial charge in [-0.05, 0) is 31.0 Å². The lowest BCUT2D eigenvalue weighted by atomic mass is 9.99. The van der Waals surface area contributed by atoms with Gasteiger partial charge in [-0.2, -0.15) is 5.10 Å². The largest absolute Gasteiger partial charge is 0.306 e. The van der Waals surface area contributed by atoms with Crippen LogP contribution >= 0.6 is 0 Å². The van der Waals surface area contributed by atoms with Crippen LogP contribution in [-0.2, 0) is 13.5 Å². The number of pyridine rings is 1. The average Bonchev–Trinajstić information content (AvgIpc) is 2.80. The Bertz CT molecular complexity index is 565. The second-order valence-corrected chi connectivity index (χ2v) is 4.88. The quantitative estimate of drug-likeness (QED) is 0.882. The fourth-order valence-electron chi connectivity index (χ4n) is 2.35. The Labute approximate surface area is 119 Å². The molecule has 2 aromatic heterocycles. The van der Waals surface area contributed by atoms with Gasteiger partial charge in [-0.15, -0.1) is 0 Å². The predicted molar refractivity (Wildman–Crippen MR) is 76.9 cm³/mol. The molecular formula is C15H21FN4. The summed E-state index contributed by atoms with van der Waals surface area (Å²) in [4.78, 5) is 3.96. The molecule has 0 aliphatic heterocycles. The number of rotatable bonds is 6. The Morgan fingerprint density at radius 2 is 2.15 bits per heavy atom. The number of halogens is 1. The SMILES string of the molecule is CCCNC(c1cncc(F)c1)c1cn(C)nc1CC. The molecule has 1 atom stereocenters. The molecular weight excluding hydrogens is 255 g/mol. The van der Waals surface area contributed by atoms with Crippen molar-refractivity contribution >= 4 is 0 Å². The lowest BCUT2D eigenvalue weighted by Crippen LogP contribution is -2.24. The van der Waals surface area contributed by atoms with Crippen LogP contribution in [0.15, 0.2) is 24.7 Å². The second-order valence-electron chi connectivity index (χ2n) is 4.88. The summed E-state index contributed by atoms with van der Waals surface area (Å²) in [5.74, 6) is -0.312. The van der Waals surface area contributed by atoms with Crippen LogP contribution in [0, 0.1) is 5.82 Å². The van der Waals surface area contributed by atoms with Crippen molar-refractivity contribution in [3.05, 3.63) is 47.3 Å². The molecule has 1 N–H and O–H groups in total. The number of nitrogens with one attached hydrogen (secondary N) is 1. The molecule has 0 aliphatic rings. The molecule has 5 heteroatoms. The highest BCUT2D eigenvalue weighted by Gasteiger charge is 2.19. The molecule has 0 amide bonds. The zero-order valence-electron chi connectivity index (χ0n) is 12.2. The third-order valence-corrected chi connectivity index (χ3v) is 3.24. The molecule has 2 aromatic rings. The van der Waals surface area contributed by atoms with E-state index in [4.69, 9.17) is 0 Å². The minimum Gasteiger partial charge on any atom is -0.306 e. The van der Waals surface area contributed by atoms with E-state index in [0.717, 1.165) is 36.2 Å². The topological polar surface area (TPSA) is 42.7 Å². The minimum absolute atomic E-state index is 0.0678. The fourth-order valence-corrected chi connectivity index (χ4v) is 2.35. The summed E-state index contributed by atoms with van der Waals surface area (Å²) in [6.45, 7) is 5.05. The molecule has 0 saturated carbocycles. The highest BCUT2D eigenvalue weighted by molar-refractivity contribution is 5.32. The Hall–Kier alpha value is -1.75. The summed E-state index contributed by atoms with van der Waals surface area (Å²) >= 11 is 0. The minimum atomic E-state index is -0.312. The van der Waals surface area contributed by atoms with Gasteiger partial charge in [0.05, 0.1) is 17.9 Å². The van der Waals surface area contributed by atoms with Gasteiger partial charge >= 0.3 is 0 Å². The van der Waals surface area contributed by atoms with E-state index in [9.17, 15) is 4.39 Å². The number of hydrogen-bond acceptors (Lipinski definition) is 3. The van der Waals surface area contributed by atoms with Gasteiger partial charge in [0.2, 0.25) is 0 Å². The van der Waals surface area contributed by atoms with Crippen molar-refractivity contribution in [2.24, 2.45) is 7.05 Å². The van der Waals surface area contributed by atoms with Crippen molar-refractivity contribution in [3.63, 3.8) is 0 Å². The van der Waals surface area contributed by atoms with E-state index < -0.39 is 0 Å². The normalized spacial score (nSPS) is 12.6. The van der Waals surface area contributed by atoms with E-state index in [0.29, 0.717) is 0 Å². The van der Waals surface area contributed by atoms with Gasteiger partial charge in [0.25, 0.3) is 0 Å². The summed E-state index contributed by atoms with van der Waals surface area (Å²) in [5.41, 5.74) is 2.96. The first kappa shape index (κ1) is 14.7. The summed E-state index contributed by atoms with van der Waals surface area (Å²) in [5, 5.41) is 7.93. The maximum absolute atomic E-state index is 13.4. The molecule has 0 bridgehead atoms. The van der Waals surface area contributed by atoms with Crippen LogP contribution in [0.25, 0.3) is 0 Å². The molecule has 0 aromatic carbocycles. The Morgan fingerprint density at radius 3 is 2.80 bits per heavy atom. The van der Waals surface area contributed by atoms with Gasteiger partial charge in [-0.1, -0.05) is 13.8 Å². The number of aryl methyl sites for hydroxylation is 2. The van der Waals surface area contributed by atoms with Crippen LogP contribution in [-0.4, -0.2) is 21.3 Å². The van der Waals surface area contributed by atoms with Crippen LogP contribution in [0.1, 0.15) is 43.1 Å². The monoisotopic (exact) mass is 276 g/mol. The highest BCUT2D eigenvalue weighted by Crippen LogP contribution is 2.25. The summed E-state index contributed by atoms with van der Waals surface area (Å²) in [7, 11) is 1.91. The van der Waals surface area contributed by atoms with Crippen LogP contribution in [0.5, 0.6) is 0 Å². The predicted octanol–water partition coefficient (Wildman–Crippen LogP) is 2.61. The van der Waals surface area contributed by atoms with Gasteiger partial charge in [0.15, 0.2) is 0 Å². The standard InChI is InChI=1S/C15H21FN4/c1-4-6-18-15(11-7-12(16)9-17-8-11)13-10-20(3)19-14(13)5-2/h7-10,15,18H,4-6H2,1-3H3. The number of hydrogen-bond donors (Lipinski definition) is 1. The van der Waals surface area contributed by atoms with E-state index in [1.807, 2.05) is 17.9 Å². The van der Waals surface area contributed by atoms with E-state index in [2.05, 4.69) is 29.2 Å². The smallest absolute Gasteiger partial charge is 0.141 e. The molecule has 1 unspecified atom stereocenters. The van der Waals surface area contributed by atoms with Crippen LogP contribution in [0.4, 0.5) is 4.39 Å². The molecule has 0 aliphatic carbocycles. The molecule has 2 rings (SSSR count). The van der Waals surface area contributed by atoms with E-state index in [1.54, 1.807) is 6.20 Å². The number of nitrogens with zero attached hydrogens (tertiary/aromatic N) is 3. The lowest BCUT2D eigenvalue weighted by molar-refractivity contribution is 0.577. The van der Waals surface area contributed by atoms with Gasteiger partial charge in [0.1, 0.15) is 5.82 Å². The first-order valence-electron chi connectivity index (χ1n) is 7.02. The van der Waals surface area contributed by atoms with Crippen molar-refractivity contribution in [1.29, 1.82) is 0 Å². The maximum Gasteiger partial charge on any atom is 0.141 e. The fraction of sp³-hybridized carbons (Fsp3) is 0.467. The Kier molecular flexibility index (Phi) is 4.84. The summed E-state index contributed by atoms with van der Waals surface area (Å²) in [6.07, 6.45) is 6.80. The van der Waals surface area contributed by atoms with Gasteiger partial charge in [-0.3, -0.25) is 9.67 Å². The number of aromatic nitrogens is 3. The third-order valence-electron chi connectivity index (χ3n) is 3.24. The lowest BCUT2D eigenvalue weighted by Gasteiger charge is -2.18. The molecule has 2 heterocycles. The summed E-state index contributed by atoms with van der Waals surface area (Å²) in [6, 6.07) is 1.47. The zero-order valence-corrected chi connectivity index (χ0v) is 12.2. The molecule has 108 valence electrons. The van der Waals surface area contributed by atoms with Crippen molar-refractivity contribution < 1.29 is 4.39 Å².